The van der Waals surface area contributed by atoms with Crippen LogP contribution in [0.5, 0.6) is 0 Å². The van der Waals surface area contributed by atoms with Crippen LogP contribution in [0.4, 0.5) is 0 Å². The third kappa shape index (κ3) is 2.10. The molecule has 3 aromatic carbocycles. The molecule has 3 aromatic heterocycles. The van der Waals surface area contributed by atoms with Crippen molar-refractivity contribution in [3.63, 3.8) is 0 Å². The molecule has 0 aliphatic heterocycles. The standard InChI is InChI=1S/C23H13BrN2O/c24-14-9-10-16-15-5-1-3-7-19(15)26(20(16)11-14)23-12-22-18(13-25-23)17-6-2-4-8-21(17)27-22/h1-13H. The Balaban J connectivity index is 1.73. The number of pyridine rings is 1. The molecule has 0 atom stereocenters. The van der Waals surface area contributed by atoms with E-state index in [1.54, 1.807) is 0 Å². The third-order valence-corrected chi connectivity index (χ3v) is 5.61. The summed E-state index contributed by atoms with van der Waals surface area (Å²) in [7, 11) is 0. The van der Waals surface area contributed by atoms with Crippen molar-refractivity contribution >= 4 is 59.7 Å². The fraction of sp³-hybridized carbons (Fsp3) is 0. The lowest BCUT2D eigenvalue weighted by atomic mass is 10.2. The fourth-order valence-electron chi connectivity index (χ4n) is 3.92. The molecule has 128 valence electrons. The summed E-state index contributed by atoms with van der Waals surface area (Å²) in [5, 5.41) is 4.56. The molecule has 4 heteroatoms. The van der Waals surface area contributed by atoms with Gasteiger partial charge >= 0.3 is 0 Å². The number of hydrogen-bond donors (Lipinski definition) is 0. The zero-order chi connectivity index (χ0) is 18.0. The van der Waals surface area contributed by atoms with Crippen LogP contribution in [0.1, 0.15) is 0 Å². The molecule has 0 saturated heterocycles. The van der Waals surface area contributed by atoms with E-state index in [0.29, 0.717) is 0 Å². The molecule has 0 aliphatic rings. The average molecular weight is 413 g/mol. The number of halogens is 1. The molecular weight excluding hydrogens is 400 g/mol. The molecule has 0 bridgehead atoms. The van der Waals surface area contributed by atoms with Gasteiger partial charge in [-0.3, -0.25) is 4.57 Å². The first-order chi connectivity index (χ1) is 13.3. The van der Waals surface area contributed by atoms with E-state index in [4.69, 9.17) is 9.40 Å². The highest BCUT2D eigenvalue weighted by Crippen LogP contribution is 2.35. The van der Waals surface area contributed by atoms with Crippen molar-refractivity contribution in [2.24, 2.45) is 0 Å². The van der Waals surface area contributed by atoms with Crippen LogP contribution < -0.4 is 0 Å². The number of aromatic nitrogens is 2. The first-order valence-electron chi connectivity index (χ1n) is 8.76. The summed E-state index contributed by atoms with van der Waals surface area (Å²) in [5.41, 5.74) is 3.99. The summed E-state index contributed by atoms with van der Waals surface area (Å²) >= 11 is 3.61. The van der Waals surface area contributed by atoms with E-state index in [0.717, 1.165) is 43.3 Å². The Bertz CT molecular complexity index is 1490. The van der Waals surface area contributed by atoms with Crippen LogP contribution >= 0.6 is 15.9 Å². The molecule has 0 saturated carbocycles. The van der Waals surface area contributed by atoms with Crippen molar-refractivity contribution in [1.82, 2.24) is 9.55 Å². The molecule has 27 heavy (non-hydrogen) atoms. The molecule has 6 rings (SSSR count). The predicted molar refractivity (Wildman–Crippen MR) is 114 cm³/mol. The van der Waals surface area contributed by atoms with Crippen molar-refractivity contribution in [2.75, 3.05) is 0 Å². The van der Waals surface area contributed by atoms with E-state index < -0.39 is 0 Å². The van der Waals surface area contributed by atoms with Crippen LogP contribution in [0.2, 0.25) is 0 Å². The topological polar surface area (TPSA) is 31.0 Å². The number of nitrogens with zero attached hydrogens (tertiary/aromatic N) is 2. The SMILES string of the molecule is Brc1ccc2c3ccccc3n(-c3cc4oc5ccccc5c4cn3)c2c1. The molecule has 0 unspecified atom stereocenters. The van der Waals surface area contributed by atoms with E-state index >= 15 is 0 Å². The number of para-hydroxylation sites is 2. The Labute approximate surface area is 163 Å². The van der Waals surface area contributed by atoms with Crippen LogP contribution in [0, 0.1) is 0 Å². The Kier molecular flexibility index (Phi) is 3.02. The molecule has 3 heterocycles. The normalized spacial score (nSPS) is 11.9. The lowest BCUT2D eigenvalue weighted by molar-refractivity contribution is 0.668. The van der Waals surface area contributed by atoms with Gasteiger partial charge in [-0.2, -0.15) is 0 Å². The highest BCUT2D eigenvalue weighted by molar-refractivity contribution is 9.10. The second-order valence-electron chi connectivity index (χ2n) is 6.65. The predicted octanol–water partition coefficient (Wildman–Crippen LogP) is 6.84. The summed E-state index contributed by atoms with van der Waals surface area (Å²) in [5.74, 6) is 0.853. The van der Waals surface area contributed by atoms with Gasteiger partial charge < -0.3 is 4.42 Å². The maximum absolute atomic E-state index is 6.08. The molecule has 6 aromatic rings. The summed E-state index contributed by atoms with van der Waals surface area (Å²) < 4.78 is 9.32. The van der Waals surface area contributed by atoms with Crippen LogP contribution in [0.15, 0.2) is 87.9 Å². The van der Waals surface area contributed by atoms with Gasteiger partial charge in [-0.25, -0.2) is 4.98 Å². The van der Waals surface area contributed by atoms with E-state index in [1.807, 2.05) is 30.5 Å². The largest absolute Gasteiger partial charge is 0.456 e. The molecular formula is C23H13BrN2O. The van der Waals surface area contributed by atoms with Gasteiger partial charge in [0, 0.05) is 38.3 Å². The van der Waals surface area contributed by atoms with Gasteiger partial charge in [-0.15, -0.1) is 0 Å². The lowest BCUT2D eigenvalue weighted by Crippen LogP contribution is -1.96. The average Bonchev–Trinajstić information content (AvgIpc) is 3.22. The molecule has 0 fully saturated rings. The van der Waals surface area contributed by atoms with E-state index in [9.17, 15) is 0 Å². The van der Waals surface area contributed by atoms with Gasteiger partial charge in [0.25, 0.3) is 0 Å². The fourth-order valence-corrected chi connectivity index (χ4v) is 4.27. The van der Waals surface area contributed by atoms with Gasteiger partial charge in [0.2, 0.25) is 0 Å². The minimum Gasteiger partial charge on any atom is -0.456 e. The maximum Gasteiger partial charge on any atom is 0.141 e. The quantitative estimate of drug-likeness (QED) is 0.296. The first-order valence-corrected chi connectivity index (χ1v) is 9.55. The molecule has 0 radical (unpaired) electrons. The zero-order valence-electron chi connectivity index (χ0n) is 14.2. The highest BCUT2D eigenvalue weighted by Gasteiger charge is 2.15. The van der Waals surface area contributed by atoms with E-state index in [1.165, 1.54) is 10.8 Å². The van der Waals surface area contributed by atoms with Crippen molar-refractivity contribution in [2.45, 2.75) is 0 Å². The number of fused-ring (bicyclic) bond motifs is 6. The van der Waals surface area contributed by atoms with Crippen molar-refractivity contribution in [3.8, 4) is 5.82 Å². The molecule has 0 aliphatic carbocycles. The summed E-state index contributed by atoms with van der Waals surface area (Å²) in [6.07, 6.45) is 1.91. The monoisotopic (exact) mass is 412 g/mol. The van der Waals surface area contributed by atoms with Crippen LogP contribution in [0.3, 0.4) is 0 Å². The molecule has 0 amide bonds. The molecule has 0 spiro atoms. The van der Waals surface area contributed by atoms with Gasteiger partial charge in [0.1, 0.15) is 17.0 Å². The smallest absolute Gasteiger partial charge is 0.141 e. The number of rotatable bonds is 1. The number of hydrogen-bond acceptors (Lipinski definition) is 2. The summed E-state index contributed by atoms with van der Waals surface area (Å²) in [6, 6.07) is 24.9. The Morgan fingerprint density at radius 3 is 2.41 bits per heavy atom. The zero-order valence-corrected chi connectivity index (χ0v) is 15.8. The summed E-state index contributed by atoms with van der Waals surface area (Å²) in [6.45, 7) is 0. The lowest BCUT2D eigenvalue weighted by Gasteiger charge is -2.06. The minimum absolute atomic E-state index is 0.849. The second kappa shape index (κ2) is 5.44. The minimum atomic E-state index is 0.849. The van der Waals surface area contributed by atoms with E-state index in [2.05, 4.69) is 69.0 Å². The van der Waals surface area contributed by atoms with Gasteiger partial charge in [-0.05, 0) is 24.3 Å². The van der Waals surface area contributed by atoms with E-state index in [-0.39, 0.29) is 0 Å². The number of furan rings is 1. The summed E-state index contributed by atoms with van der Waals surface area (Å²) in [4.78, 5) is 4.79. The highest BCUT2D eigenvalue weighted by atomic mass is 79.9. The van der Waals surface area contributed by atoms with Crippen molar-refractivity contribution in [1.29, 1.82) is 0 Å². The molecule has 3 nitrogen and oxygen atoms in total. The Morgan fingerprint density at radius 2 is 1.48 bits per heavy atom. The van der Waals surface area contributed by atoms with Crippen molar-refractivity contribution < 1.29 is 4.42 Å². The Hall–Kier alpha value is -3.11. The van der Waals surface area contributed by atoms with Crippen LogP contribution in [-0.4, -0.2) is 9.55 Å². The van der Waals surface area contributed by atoms with Crippen LogP contribution in [0.25, 0.3) is 49.6 Å². The second-order valence-corrected chi connectivity index (χ2v) is 7.57. The molecule has 0 N–H and O–H groups in total. The van der Waals surface area contributed by atoms with Gasteiger partial charge in [0.15, 0.2) is 0 Å². The van der Waals surface area contributed by atoms with Gasteiger partial charge in [0.05, 0.1) is 11.0 Å². The maximum atomic E-state index is 6.08. The Morgan fingerprint density at radius 1 is 0.704 bits per heavy atom. The van der Waals surface area contributed by atoms with Crippen LogP contribution in [-0.2, 0) is 0 Å². The third-order valence-electron chi connectivity index (χ3n) is 5.11. The first kappa shape index (κ1) is 15.0. The van der Waals surface area contributed by atoms with Crippen molar-refractivity contribution in [3.05, 3.63) is 83.5 Å². The van der Waals surface area contributed by atoms with Gasteiger partial charge in [-0.1, -0.05) is 58.4 Å². The number of benzene rings is 3.